The van der Waals surface area contributed by atoms with Crippen molar-refractivity contribution >= 4 is 17.2 Å². The van der Waals surface area contributed by atoms with Crippen molar-refractivity contribution in [2.45, 2.75) is 26.2 Å². The number of carbonyl (C=O) groups excluding carboxylic acids is 1. The molecule has 0 fully saturated rings. The van der Waals surface area contributed by atoms with E-state index >= 15 is 0 Å². The lowest BCUT2D eigenvalue weighted by molar-refractivity contribution is 0.112. The molecule has 0 aliphatic rings. The van der Waals surface area contributed by atoms with Gasteiger partial charge in [-0.1, -0.05) is 63.2 Å². The monoisotopic (exact) mass is 277 g/mol. The van der Waals surface area contributed by atoms with E-state index in [1.165, 1.54) is 5.56 Å². The molecule has 106 valence electrons. The number of aromatic nitrogens is 1. The smallest absolute Gasteiger partial charge is 0.152 e. The van der Waals surface area contributed by atoms with Crippen LogP contribution in [0.3, 0.4) is 0 Å². The van der Waals surface area contributed by atoms with Crippen LogP contribution in [-0.4, -0.2) is 11.3 Å². The Morgan fingerprint density at radius 2 is 1.62 bits per heavy atom. The van der Waals surface area contributed by atoms with Gasteiger partial charge in [-0.3, -0.25) is 4.79 Å². The van der Waals surface area contributed by atoms with E-state index in [0.29, 0.717) is 0 Å². The average molecular weight is 277 g/mol. The van der Waals surface area contributed by atoms with E-state index in [9.17, 15) is 4.79 Å². The highest BCUT2D eigenvalue weighted by Gasteiger charge is 2.15. The quantitative estimate of drug-likeness (QED) is 0.661. The Morgan fingerprint density at radius 3 is 2.24 bits per heavy atom. The topological polar surface area (TPSA) is 32.9 Å². The standard InChI is InChI=1S/C19H19NO/c1-19(2,3)14-10-8-13(9-11-14)18-16(12-21)15-6-4-5-7-17(15)20-18/h4-12,20H,1-3H3. The van der Waals surface area contributed by atoms with Gasteiger partial charge >= 0.3 is 0 Å². The summed E-state index contributed by atoms with van der Waals surface area (Å²) in [4.78, 5) is 14.8. The highest BCUT2D eigenvalue weighted by Crippen LogP contribution is 2.31. The van der Waals surface area contributed by atoms with Crippen molar-refractivity contribution in [2.75, 3.05) is 0 Å². The van der Waals surface area contributed by atoms with Gasteiger partial charge in [0.15, 0.2) is 6.29 Å². The lowest BCUT2D eigenvalue weighted by Crippen LogP contribution is -2.10. The second kappa shape index (κ2) is 4.88. The minimum absolute atomic E-state index is 0.131. The molecule has 1 heterocycles. The number of aromatic amines is 1. The van der Waals surface area contributed by atoms with Gasteiger partial charge in [0.25, 0.3) is 0 Å². The number of H-pyrrole nitrogens is 1. The number of hydrogen-bond donors (Lipinski definition) is 1. The SMILES string of the molecule is CC(C)(C)c1ccc(-c2[nH]c3ccccc3c2C=O)cc1. The lowest BCUT2D eigenvalue weighted by Gasteiger charge is -2.19. The first kappa shape index (κ1) is 13.6. The molecule has 3 rings (SSSR count). The van der Waals surface area contributed by atoms with E-state index in [2.05, 4.69) is 50.0 Å². The van der Waals surface area contributed by atoms with Crippen LogP contribution in [0.4, 0.5) is 0 Å². The zero-order valence-electron chi connectivity index (χ0n) is 12.6. The van der Waals surface area contributed by atoms with Crippen molar-refractivity contribution in [2.24, 2.45) is 0 Å². The Morgan fingerprint density at radius 1 is 0.952 bits per heavy atom. The Balaban J connectivity index is 2.14. The van der Waals surface area contributed by atoms with Crippen LogP contribution in [0.5, 0.6) is 0 Å². The maximum atomic E-state index is 11.5. The van der Waals surface area contributed by atoms with Crippen molar-refractivity contribution in [3.05, 3.63) is 59.7 Å². The van der Waals surface area contributed by atoms with Gasteiger partial charge < -0.3 is 4.98 Å². The third-order valence-corrected chi connectivity index (χ3v) is 3.90. The second-order valence-electron chi connectivity index (χ2n) is 6.40. The zero-order chi connectivity index (χ0) is 15.0. The summed E-state index contributed by atoms with van der Waals surface area (Å²) in [5.74, 6) is 0. The van der Waals surface area contributed by atoms with Crippen molar-refractivity contribution in [3.8, 4) is 11.3 Å². The van der Waals surface area contributed by atoms with Crippen LogP contribution >= 0.6 is 0 Å². The summed E-state index contributed by atoms with van der Waals surface area (Å²) in [5, 5.41) is 0.974. The molecule has 2 aromatic carbocycles. The lowest BCUT2D eigenvalue weighted by atomic mass is 9.86. The number of aldehydes is 1. The van der Waals surface area contributed by atoms with Crippen LogP contribution in [0.15, 0.2) is 48.5 Å². The Hall–Kier alpha value is -2.35. The summed E-state index contributed by atoms with van der Waals surface area (Å²) in [5.41, 5.74) is 5.08. The maximum Gasteiger partial charge on any atom is 0.152 e. The molecule has 0 saturated carbocycles. The van der Waals surface area contributed by atoms with E-state index in [4.69, 9.17) is 0 Å². The Bertz CT molecular complexity index is 789. The summed E-state index contributed by atoms with van der Waals surface area (Å²) in [6.07, 6.45) is 0.936. The number of para-hydroxylation sites is 1. The molecule has 0 saturated heterocycles. The average Bonchev–Trinajstić information content (AvgIpc) is 2.85. The molecular weight excluding hydrogens is 258 g/mol. The number of nitrogens with one attached hydrogen (secondary N) is 1. The molecule has 21 heavy (non-hydrogen) atoms. The summed E-state index contributed by atoms with van der Waals surface area (Å²) in [7, 11) is 0. The summed E-state index contributed by atoms with van der Waals surface area (Å²) in [6, 6.07) is 16.3. The largest absolute Gasteiger partial charge is 0.354 e. The van der Waals surface area contributed by atoms with Crippen molar-refractivity contribution < 1.29 is 4.79 Å². The summed E-state index contributed by atoms with van der Waals surface area (Å²) in [6.45, 7) is 6.59. The van der Waals surface area contributed by atoms with Gasteiger partial charge in [0.1, 0.15) is 0 Å². The first-order chi connectivity index (χ1) is 10.0. The van der Waals surface area contributed by atoms with E-state index in [1.807, 2.05) is 24.3 Å². The third kappa shape index (κ3) is 2.38. The molecule has 0 aliphatic heterocycles. The van der Waals surface area contributed by atoms with Gasteiger partial charge in [0, 0.05) is 16.5 Å². The number of carbonyl (C=O) groups is 1. The highest BCUT2D eigenvalue weighted by molar-refractivity contribution is 6.04. The summed E-state index contributed by atoms with van der Waals surface area (Å²) >= 11 is 0. The molecule has 1 N–H and O–H groups in total. The van der Waals surface area contributed by atoms with Gasteiger partial charge in [-0.05, 0) is 22.6 Å². The van der Waals surface area contributed by atoms with Gasteiger partial charge in [0.05, 0.1) is 5.69 Å². The molecule has 3 aromatic rings. The van der Waals surface area contributed by atoms with E-state index in [0.717, 1.165) is 34.0 Å². The zero-order valence-corrected chi connectivity index (χ0v) is 12.6. The van der Waals surface area contributed by atoms with Crippen LogP contribution in [0, 0.1) is 0 Å². The van der Waals surface area contributed by atoms with Gasteiger partial charge in [-0.15, -0.1) is 0 Å². The fraction of sp³-hybridized carbons (Fsp3) is 0.211. The number of benzene rings is 2. The fourth-order valence-corrected chi connectivity index (χ4v) is 2.65. The van der Waals surface area contributed by atoms with E-state index in [-0.39, 0.29) is 5.41 Å². The maximum absolute atomic E-state index is 11.5. The third-order valence-electron chi connectivity index (χ3n) is 3.90. The van der Waals surface area contributed by atoms with Gasteiger partial charge in [-0.25, -0.2) is 0 Å². The molecule has 0 unspecified atom stereocenters. The molecule has 1 aromatic heterocycles. The molecule has 0 bridgehead atoms. The normalized spacial score (nSPS) is 11.8. The van der Waals surface area contributed by atoms with Crippen molar-refractivity contribution in [1.29, 1.82) is 0 Å². The predicted molar refractivity (Wildman–Crippen MR) is 87.8 cm³/mol. The molecule has 0 spiro atoms. The number of fused-ring (bicyclic) bond motifs is 1. The van der Waals surface area contributed by atoms with Crippen molar-refractivity contribution in [1.82, 2.24) is 4.98 Å². The van der Waals surface area contributed by atoms with E-state index < -0.39 is 0 Å². The van der Waals surface area contributed by atoms with Crippen molar-refractivity contribution in [3.63, 3.8) is 0 Å². The highest BCUT2D eigenvalue weighted by atomic mass is 16.1. The predicted octanol–water partition coefficient (Wildman–Crippen LogP) is 4.94. The molecule has 0 amide bonds. The van der Waals surface area contributed by atoms with Crippen LogP contribution < -0.4 is 0 Å². The molecule has 0 atom stereocenters. The number of hydrogen-bond acceptors (Lipinski definition) is 1. The summed E-state index contributed by atoms with van der Waals surface area (Å²) < 4.78 is 0. The Kier molecular flexibility index (Phi) is 3.17. The van der Waals surface area contributed by atoms with Crippen LogP contribution in [-0.2, 0) is 5.41 Å². The molecular formula is C19H19NO. The van der Waals surface area contributed by atoms with E-state index in [1.54, 1.807) is 0 Å². The first-order valence-corrected chi connectivity index (χ1v) is 7.17. The molecule has 0 radical (unpaired) electrons. The minimum atomic E-state index is 0.131. The molecule has 0 aliphatic carbocycles. The van der Waals surface area contributed by atoms with Gasteiger partial charge in [-0.2, -0.15) is 0 Å². The Labute approximate surface area is 124 Å². The van der Waals surface area contributed by atoms with Gasteiger partial charge in [0.2, 0.25) is 0 Å². The number of rotatable bonds is 2. The molecule has 2 nitrogen and oxygen atoms in total. The second-order valence-corrected chi connectivity index (χ2v) is 6.40. The van der Waals surface area contributed by atoms with Crippen LogP contribution in [0.2, 0.25) is 0 Å². The minimum Gasteiger partial charge on any atom is -0.354 e. The first-order valence-electron chi connectivity index (χ1n) is 7.17. The fourth-order valence-electron chi connectivity index (χ4n) is 2.65. The molecule has 2 heteroatoms. The van der Waals surface area contributed by atoms with Crippen LogP contribution in [0.25, 0.3) is 22.2 Å². The van der Waals surface area contributed by atoms with Crippen LogP contribution in [0.1, 0.15) is 36.7 Å².